The van der Waals surface area contributed by atoms with Gasteiger partial charge >= 0.3 is 6.61 Å². The third kappa shape index (κ3) is 7.87. The van der Waals surface area contributed by atoms with Crippen molar-refractivity contribution in [3.05, 3.63) is 54.4 Å². The maximum Gasteiger partial charge on any atom is 0.345 e. The minimum absolute atomic E-state index is 0.267. The average molecular weight is 595 g/mol. The van der Waals surface area contributed by atoms with Gasteiger partial charge < -0.3 is 29.2 Å². The molecule has 5 rings (SSSR count). The van der Waals surface area contributed by atoms with E-state index in [1.807, 2.05) is 6.07 Å². The van der Waals surface area contributed by atoms with E-state index < -0.39 is 12.7 Å². The number of hydrogen-bond acceptors (Lipinski definition) is 10. The van der Waals surface area contributed by atoms with E-state index in [1.165, 1.54) is 0 Å². The average Bonchev–Trinajstić information content (AvgIpc) is 3.04. The molecule has 2 aliphatic heterocycles. The number of piperidine rings is 1. The minimum atomic E-state index is -2.89. The number of nitrogens with one attached hydrogen (secondary N) is 1. The van der Waals surface area contributed by atoms with Crippen LogP contribution in [0.15, 0.2) is 48.8 Å². The SMILES string of the molecule is COc1ccc(N2CCC(N3CCOCC3)CC2)cc1Nc1ncc(-c2ccc(C#N)c(O[C@@H](C)COC(F)F)c2)cn1. The van der Waals surface area contributed by atoms with Gasteiger partial charge in [0, 0.05) is 55.9 Å². The lowest BCUT2D eigenvalue weighted by Crippen LogP contribution is -2.49. The molecular formula is C31H36F2N6O4. The summed E-state index contributed by atoms with van der Waals surface area (Å²) in [6.45, 7) is 4.01. The van der Waals surface area contributed by atoms with E-state index in [2.05, 4.69) is 48.0 Å². The van der Waals surface area contributed by atoms with Crippen molar-refractivity contribution in [2.75, 3.05) is 63.3 Å². The van der Waals surface area contributed by atoms with Gasteiger partial charge in [-0.2, -0.15) is 14.0 Å². The summed E-state index contributed by atoms with van der Waals surface area (Å²) in [7, 11) is 1.63. The quantitative estimate of drug-likeness (QED) is 0.323. The van der Waals surface area contributed by atoms with Crippen molar-refractivity contribution in [1.29, 1.82) is 5.26 Å². The molecule has 2 saturated heterocycles. The maximum absolute atomic E-state index is 12.4. The lowest BCUT2D eigenvalue weighted by molar-refractivity contribution is -0.142. The van der Waals surface area contributed by atoms with Crippen molar-refractivity contribution < 1.29 is 27.7 Å². The molecule has 10 nitrogen and oxygen atoms in total. The minimum Gasteiger partial charge on any atom is -0.495 e. The van der Waals surface area contributed by atoms with Crippen molar-refractivity contribution in [2.45, 2.75) is 38.5 Å². The Kier molecular flexibility index (Phi) is 10.2. The summed E-state index contributed by atoms with van der Waals surface area (Å²) in [5, 5.41) is 12.7. The van der Waals surface area contributed by atoms with E-state index in [-0.39, 0.29) is 17.9 Å². The van der Waals surface area contributed by atoms with Gasteiger partial charge in [-0.1, -0.05) is 6.07 Å². The second-order valence-corrected chi connectivity index (χ2v) is 10.5. The third-order valence-corrected chi connectivity index (χ3v) is 7.69. The van der Waals surface area contributed by atoms with Gasteiger partial charge in [-0.05, 0) is 55.7 Å². The topological polar surface area (TPSA) is 105 Å². The molecule has 12 heteroatoms. The Morgan fingerprint density at radius 3 is 2.44 bits per heavy atom. The van der Waals surface area contributed by atoms with Gasteiger partial charge in [-0.15, -0.1) is 0 Å². The number of benzene rings is 2. The molecule has 2 aliphatic rings. The largest absolute Gasteiger partial charge is 0.495 e. The number of aromatic nitrogens is 2. The van der Waals surface area contributed by atoms with Gasteiger partial charge in [0.2, 0.25) is 5.95 Å². The summed E-state index contributed by atoms with van der Waals surface area (Å²) in [6.07, 6.45) is 4.88. The van der Waals surface area contributed by atoms with Crippen LogP contribution >= 0.6 is 0 Å². The number of methoxy groups -OCH3 is 1. The second kappa shape index (κ2) is 14.4. The number of hydrogen-bond donors (Lipinski definition) is 1. The molecule has 1 aromatic heterocycles. The van der Waals surface area contributed by atoms with Gasteiger partial charge in [0.15, 0.2) is 0 Å². The van der Waals surface area contributed by atoms with Crippen molar-refractivity contribution in [2.24, 2.45) is 0 Å². The van der Waals surface area contributed by atoms with Crippen LogP contribution in [0.3, 0.4) is 0 Å². The fourth-order valence-corrected chi connectivity index (χ4v) is 5.44. The number of ether oxygens (including phenoxy) is 4. The number of halogens is 2. The van der Waals surface area contributed by atoms with Gasteiger partial charge in [-0.25, -0.2) is 9.97 Å². The van der Waals surface area contributed by atoms with Crippen molar-refractivity contribution in [1.82, 2.24) is 14.9 Å². The van der Waals surface area contributed by atoms with Gasteiger partial charge in [0.1, 0.15) is 23.7 Å². The fraction of sp³-hybridized carbons (Fsp3) is 0.452. The maximum atomic E-state index is 12.4. The van der Waals surface area contributed by atoms with E-state index in [0.717, 1.165) is 63.6 Å². The molecule has 3 aromatic rings. The number of nitriles is 1. The number of anilines is 3. The van der Waals surface area contributed by atoms with E-state index in [9.17, 15) is 14.0 Å². The molecule has 2 fully saturated rings. The zero-order valence-electron chi connectivity index (χ0n) is 24.3. The predicted octanol–water partition coefficient (Wildman–Crippen LogP) is 5.07. The van der Waals surface area contributed by atoms with E-state index in [4.69, 9.17) is 14.2 Å². The molecule has 0 spiro atoms. The molecule has 228 valence electrons. The van der Waals surface area contributed by atoms with Crippen LogP contribution in [0, 0.1) is 11.3 Å². The number of morpholine rings is 1. The Bertz CT molecular complexity index is 1390. The number of nitrogens with zero attached hydrogens (tertiary/aromatic N) is 5. The summed E-state index contributed by atoms with van der Waals surface area (Å²) in [5.41, 5.74) is 3.56. The van der Waals surface area contributed by atoms with Gasteiger partial charge in [0.25, 0.3) is 0 Å². The van der Waals surface area contributed by atoms with Crippen LogP contribution in [0.25, 0.3) is 11.1 Å². The first-order chi connectivity index (χ1) is 20.9. The van der Waals surface area contributed by atoms with Gasteiger partial charge in [0.05, 0.1) is 38.2 Å². The van der Waals surface area contributed by atoms with Crippen LogP contribution in [0.2, 0.25) is 0 Å². The summed E-state index contributed by atoms with van der Waals surface area (Å²) < 4.78 is 45.9. The van der Waals surface area contributed by atoms with Crippen molar-refractivity contribution in [3.63, 3.8) is 0 Å². The van der Waals surface area contributed by atoms with Crippen LogP contribution < -0.4 is 19.7 Å². The molecule has 1 atom stereocenters. The first-order valence-electron chi connectivity index (χ1n) is 14.4. The van der Waals surface area contributed by atoms with Crippen LogP contribution in [0.4, 0.5) is 26.1 Å². The van der Waals surface area contributed by atoms with Crippen LogP contribution in [0.5, 0.6) is 11.5 Å². The van der Waals surface area contributed by atoms with Crippen molar-refractivity contribution in [3.8, 4) is 28.7 Å². The first kappa shape index (κ1) is 30.4. The normalized spacial score (nSPS) is 17.0. The summed E-state index contributed by atoms with van der Waals surface area (Å²) in [5.74, 6) is 1.34. The Morgan fingerprint density at radius 1 is 1.02 bits per heavy atom. The molecule has 0 bridgehead atoms. The fourth-order valence-electron chi connectivity index (χ4n) is 5.44. The zero-order chi connectivity index (χ0) is 30.2. The molecule has 0 aliphatic carbocycles. The highest BCUT2D eigenvalue weighted by molar-refractivity contribution is 5.71. The predicted molar refractivity (Wildman–Crippen MR) is 158 cm³/mol. The Hall–Kier alpha value is -4.05. The van der Waals surface area contributed by atoms with Crippen LogP contribution in [-0.4, -0.2) is 86.7 Å². The highest BCUT2D eigenvalue weighted by atomic mass is 19.3. The third-order valence-electron chi connectivity index (χ3n) is 7.69. The molecular weight excluding hydrogens is 558 g/mol. The Balaban J connectivity index is 1.25. The number of rotatable bonds is 11. The number of alkyl halides is 2. The molecule has 1 N–H and O–H groups in total. The lowest BCUT2D eigenvalue weighted by atomic mass is 10.0. The monoisotopic (exact) mass is 594 g/mol. The molecule has 0 saturated carbocycles. The summed E-state index contributed by atoms with van der Waals surface area (Å²) in [6, 6.07) is 13.8. The molecule has 3 heterocycles. The van der Waals surface area contributed by atoms with E-state index in [1.54, 1.807) is 44.6 Å². The molecule has 0 amide bonds. The van der Waals surface area contributed by atoms with Crippen LogP contribution in [0.1, 0.15) is 25.3 Å². The Labute approximate surface area is 250 Å². The van der Waals surface area contributed by atoms with E-state index in [0.29, 0.717) is 28.9 Å². The Morgan fingerprint density at radius 2 is 1.77 bits per heavy atom. The summed E-state index contributed by atoms with van der Waals surface area (Å²) in [4.78, 5) is 13.9. The molecule has 0 unspecified atom stereocenters. The zero-order valence-corrected chi connectivity index (χ0v) is 24.3. The highest BCUT2D eigenvalue weighted by Crippen LogP contribution is 2.34. The van der Waals surface area contributed by atoms with Crippen molar-refractivity contribution >= 4 is 17.3 Å². The summed E-state index contributed by atoms with van der Waals surface area (Å²) >= 11 is 0. The molecule has 43 heavy (non-hydrogen) atoms. The highest BCUT2D eigenvalue weighted by Gasteiger charge is 2.26. The standard InChI is InChI=1S/C31H36F2N6O4/c1-21(20-42-30(32)33)43-29-15-22(3-4-23(29)17-34)24-18-35-31(36-19-24)37-27-16-26(5-6-28(27)40-2)38-9-7-25(8-10-38)39-11-13-41-14-12-39/h3-6,15-16,18-19,21,25,30H,7-14,20H2,1-2H3,(H,35,36,37)/t21-/m0/s1. The van der Waals surface area contributed by atoms with Gasteiger partial charge in [-0.3, -0.25) is 4.90 Å². The van der Waals surface area contributed by atoms with Crippen LogP contribution in [-0.2, 0) is 9.47 Å². The first-order valence-corrected chi connectivity index (χ1v) is 14.4. The molecule has 2 aromatic carbocycles. The lowest BCUT2D eigenvalue weighted by Gasteiger charge is -2.41. The second-order valence-electron chi connectivity index (χ2n) is 10.5. The molecule has 0 radical (unpaired) electrons. The van der Waals surface area contributed by atoms with E-state index >= 15 is 0 Å². The smallest absolute Gasteiger partial charge is 0.345 e.